The molecule has 5 rings (SSSR count). The van der Waals surface area contributed by atoms with Crippen LogP contribution in [0.4, 0.5) is 0 Å². The molecule has 34 heavy (non-hydrogen) atoms. The highest BCUT2D eigenvalue weighted by Gasteiger charge is 2.62. The zero-order chi connectivity index (χ0) is 24.5. The van der Waals surface area contributed by atoms with Gasteiger partial charge in [0, 0.05) is 17.8 Å². The molecule has 0 aliphatic heterocycles. The van der Waals surface area contributed by atoms with Crippen LogP contribution in [0.25, 0.3) is 0 Å². The number of aryl methyl sites for hydroxylation is 1. The van der Waals surface area contributed by atoms with Gasteiger partial charge in [-0.1, -0.05) is 37.6 Å². The van der Waals surface area contributed by atoms with E-state index < -0.39 is 10.1 Å². The molecule has 0 aromatic heterocycles. The lowest BCUT2D eigenvalue weighted by atomic mass is 9.44. The summed E-state index contributed by atoms with van der Waals surface area (Å²) in [6, 6.07) is 6.78. The van der Waals surface area contributed by atoms with E-state index in [1.165, 1.54) is 0 Å². The minimum absolute atomic E-state index is 0.00121. The van der Waals surface area contributed by atoms with Gasteiger partial charge in [-0.3, -0.25) is 13.8 Å². The van der Waals surface area contributed by atoms with Gasteiger partial charge in [-0.15, -0.1) is 0 Å². The highest BCUT2D eigenvalue weighted by molar-refractivity contribution is 7.86. The minimum Gasteiger partial charge on any atom is -0.299 e. The summed E-state index contributed by atoms with van der Waals surface area (Å²) in [6.45, 7) is 7.93. The number of hydrogen-bond acceptors (Lipinski definition) is 5. The summed E-state index contributed by atoms with van der Waals surface area (Å²) in [5.74, 6) is 1.33. The van der Waals surface area contributed by atoms with E-state index >= 15 is 0 Å². The number of allylic oxidation sites excluding steroid dienone is 2. The molecule has 184 valence electrons. The van der Waals surface area contributed by atoms with E-state index in [-0.39, 0.29) is 39.4 Å². The Labute approximate surface area is 203 Å². The third-order valence-corrected chi connectivity index (χ3v) is 11.2. The SMILES string of the molecule is CC(=O)C1=CC[C@H]2[C@@H]3CC[C@H]4C[C@@H](OS(=O)(=O)c5ccc(C)cc5)CC[C@]4(C)[C@H]3C(=O)C[C@]12C. The number of Topliss-reactive ketones (excluding diaryl/α,β-unsaturated/α-hetero) is 2. The number of carbonyl (C=O) groups is 2. The number of hydrogen-bond donors (Lipinski definition) is 0. The summed E-state index contributed by atoms with van der Waals surface area (Å²) in [6.07, 6.45) is 7.17. The smallest absolute Gasteiger partial charge is 0.297 e. The van der Waals surface area contributed by atoms with Crippen molar-refractivity contribution in [3.63, 3.8) is 0 Å². The number of carbonyl (C=O) groups excluding carboxylic acids is 2. The maximum Gasteiger partial charge on any atom is 0.297 e. The van der Waals surface area contributed by atoms with Crippen LogP contribution in [0.5, 0.6) is 0 Å². The van der Waals surface area contributed by atoms with E-state index in [4.69, 9.17) is 4.18 Å². The second-order valence-corrected chi connectivity index (χ2v) is 13.3. The van der Waals surface area contributed by atoms with Gasteiger partial charge >= 0.3 is 0 Å². The summed E-state index contributed by atoms with van der Waals surface area (Å²) in [5, 5.41) is 0. The molecule has 4 aliphatic carbocycles. The first kappa shape index (κ1) is 23.9. The average molecular weight is 485 g/mol. The Bertz CT molecular complexity index is 1150. The number of benzene rings is 1. The number of ketones is 2. The summed E-state index contributed by atoms with van der Waals surface area (Å²) in [7, 11) is -3.81. The molecule has 0 N–H and O–H groups in total. The van der Waals surface area contributed by atoms with Crippen molar-refractivity contribution in [2.75, 3.05) is 0 Å². The Morgan fingerprint density at radius 3 is 2.47 bits per heavy atom. The maximum absolute atomic E-state index is 13.7. The van der Waals surface area contributed by atoms with Crippen molar-refractivity contribution in [1.82, 2.24) is 0 Å². The van der Waals surface area contributed by atoms with E-state index in [2.05, 4.69) is 19.9 Å². The van der Waals surface area contributed by atoms with Gasteiger partial charge in [-0.2, -0.15) is 8.42 Å². The summed E-state index contributed by atoms with van der Waals surface area (Å²) in [4.78, 5) is 26.2. The molecule has 7 atom stereocenters. The predicted molar refractivity (Wildman–Crippen MR) is 130 cm³/mol. The second kappa shape index (κ2) is 8.12. The van der Waals surface area contributed by atoms with Gasteiger partial charge in [0.25, 0.3) is 10.1 Å². The first-order chi connectivity index (χ1) is 16.0. The van der Waals surface area contributed by atoms with Crippen molar-refractivity contribution < 1.29 is 22.2 Å². The number of fused-ring (bicyclic) bond motifs is 5. The van der Waals surface area contributed by atoms with Crippen LogP contribution in [-0.2, 0) is 23.9 Å². The fourth-order valence-corrected chi connectivity index (χ4v) is 9.30. The van der Waals surface area contributed by atoms with Crippen molar-refractivity contribution in [3.05, 3.63) is 41.5 Å². The molecule has 3 saturated carbocycles. The number of rotatable bonds is 4. The van der Waals surface area contributed by atoms with Crippen molar-refractivity contribution >= 4 is 21.7 Å². The van der Waals surface area contributed by atoms with E-state index in [9.17, 15) is 18.0 Å². The lowest BCUT2D eigenvalue weighted by molar-refractivity contribution is -0.157. The van der Waals surface area contributed by atoms with Crippen LogP contribution in [0.2, 0.25) is 0 Å². The van der Waals surface area contributed by atoms with Crippen LogP contribution in [0.15, 0.2) is 40.8 Å². The van der Waals surface area contributed by atoms with E-state index in [1.54, 1.807) is 31.2 Å². The monoisotopic (exact) mass is 484 g/mol. The fourth-order valence-electron chi connectivity index (χ4n) is 8.18. The fraction of sp³-hybridized carbons (Fsp3) is 0.643. The maximum atomic E-state index is 13.7. The predicted octanol–water partition coefficient (Wildman–Crippen LogP) is 5.42. The first-order valence-corrected chi connectivity index (χ1v) is 14.1. The van der Waals surface area contributed by atoms with Crippen molar-refractivity contribution in [2.45, 2.75) is 83.6 Å². The Hall–Kier alpha value is -1.79. The first-order valence-electron chi connectivity index (χ1n) is 12.7. The molecule has 3 fully saturated rings. The molecule has 6 heteroatoms. The van der Waals surface area contributed by atoms with Crippen LogP contribution < -0.4 is 0 Å². The zero-order valence-electron chi connectivity index (χ0n) is 20.7. The topological polar surface area (TPSA) is 77.5 Å². The standard InChI is InChI=1S/C28H36O5S/c1-17-5-8-21(9-6-17)34(31,32)33-20-13-14-27(3)19(15-20)7-10-22-24-12-11-23(18(2)29)28(24,4)16-25(30)26(22)27/h5-6,8-9,11,19-20,22,24,26H,7,10,12-16H2,1-4H3/t19-,20-,22-,24-,26+,27-,28+/m0/s1. The quantitative estimate of drug-likeness (QED) is 0.534. The highest BCUT2D eigenvalue weighted by Crippen LogP contribution is 2.65. The van der Waals surface area contributed by atoms with Gasteiger partial charge in [0.1, 0.15) is 5.78 Å². The van der Waals surface area contributed by atoms with E-state index in [0.717, 1.165) is 36.8 Å². The molecule has 5 nitrogen and oxygen atoms in total. The summed E-state index contributed by atoms with van der Waals surface area (Å²) in [5.41, 5.74) is 1.41. The third kappa shape index (κ3) is 3.63. The molecule has 0 saturated heterocycles. The molecule has 0 amide bonds. The van der Waals surface area contributed by atoms with Gasteiger partial charge in [-0.05, 0) is 93.2 Å². The summed E-state index contributed by atoms with van der Waals surface area (Å²) < 4.78 is 31.5. The molecular formula is C28H36O5S. The van der Waals surface area contributed by atoms with Gasteiger partial charge in [0.05, 0.1) is 11.0 Å². The molecule has 0 unspecified atom stereocenters. The lowest BCUT2D eigenvalue weighted by Crippen LogP contribution is -2.57. The van der Waals surface area contributed by atoms with Crippen molar-refractivity contribution in [2.24, 2.45) is 34.5 Å². The van der Waals surface area contributed by atoms with Crippen LogP contribution in [-0.4, -0.2) is 26.1 Å². The third-order valence-electron chi connectivity index (χ3n) is 9.84. The molecule has 0 spiro atoms. The largest absolute Gasteiger partial charge is 0.299 e. The molecule has 1 aromatic carbocycles. The van der Waals surface area contributed by atoms with Crippen LogP contribution in [0.3, 0.4) is 0 Å². The van der Waals surface area contributed by atoms with Crippen LogP contribution >= 0.6 is 0 Å². The highest BCUT2D eigenvalue weighted by atomic mass is 32.2. The lowest BCUT2D eigenvalue weighted by Gasteiger charge is -2.59. The Balaban J connectivity index is 1.34. The Morgan fingerprint density at radius 1 is 1.09 bits per heavy atom. The second-order valence-electron chi connectivity index (χ2n) is 11.8. The molecule has 0 heterocycles. The van der Waals surface area contributed by atoms with Crippen molar-refractivity contribution in [3.8, 4) is 0 Å². The van der Waals surface area contributed by atoms with Crippen molar-refractivity contribution in [1.29, 1.82) is 0 Å². The van der Waals surface area contributed by atoms with Gasteiger partial charge in [0.15, 0.2) is 5.78 Å². The van der Waals surface area contributed by atoms with Crippen LogP contribution in [0.1, 0.15) is 71.3 Å². The molecule has 0 bridgehead atoms. The minimum atomic E-state index is -3.81. The van der Waals surface area contributed by atoms with E-state index in [1.807, 2.05) is 6.92 Å². The molecule has 4 aliphatic rings. The molecule has 1 aromatic rings. The Kier molecular flexibility index (Phi) is 5.72. The van der Waals surface area contributed by atoms with E-state index in [0.29, 0.717) is 36.9 Å². The zero-order valence-corrected chi connectivity index (χ0v) is 21.5. The molecular weight excluding hydrogens is 448 g/mol. The Morgan fingerprint density at radius 2 is 1.79 bits per heavy atom. The van der Waals surface area contributed by atoms with Crippen LogP contribution in [0, 0.1) is 41.4 Å². The summed E-state index contributed by atoms with van der Waals surface area (Å²) >= 11 is 0. The van der Waals surface area contributed by atoms with Gasteiger partial charge < -0.3 is 0 Å². The molecule has 0 radical (unpaired) electrons. The van der Waals surface area contributed by atoms with Gasteiger partial charge in [0.2, 0.25) is 0 Å². The normalized spacial score (nSPS) is 39.6. The average Bonchev–Trinajstić information content (AvgIpc) is 3.10. The van der Waals surface area contributed by atoms with Gasteiger partial charge in [-0.25, -0.2) is 0 Å².